The highest BCUT2D eigenvalue weighted by atomic mass is 16.5. The largest absolute Gasteiger partial charge is 0.464 e. The van der Waals surface area contributed by atoms with Crippen LogP contribution in [0.3, 0.4) is 0 Å². The van der Waals surface area contributed by atoms with E-state index in [1.54, 1.807) is 13.8 Å². The fraction of sp³-hybridized carbons (Fsp3) is 0.500. The van der Waals surface area contributed by atoms with Gasteiger partial charge in [0.25, 0.3) is 0 Å². The lowest BCUT2D eigenvalue weighted by molar-refractivity contribution is -0.136. The summed E-state index contributed by atoms with van der Waals surface area (Å²) in [5.74, 6) is -1.18. The molecule has 0 bridgehead atoms. The third-order valence-electron chi connectivity index (χ3n) is 1.84. The molecule has 0 aliphatic carbocycles. The molecule has 15 heavy (non-hydrogen) atoms. The molecular weight excluding hydrogens is 196 g/mol. The van der Waals surface area contributed by atoms with Crippen molar-refractivity contribution >= 4 is 18.0 Å². The molecule has 0 rings (SSSR count). The number of methoxy groups -OCH3 is 1. The van der Waals surface area contributed by atoms with Gasteiger partial charge in [0.2, 0.25) is 0 Å². The Morgan fingerprint density at radius 1 is 1.40 bits per heavy atom. The summed E-state index contributed by atoms with van der Waals surface area (Å²) < 4.78 is 4.50. The fourth-order valence-electron chi connectivity index (χ4n) is 1.03. The molecule has 84 valence electrons. The number of allylic oxidation sites excluding steroid dienone is 1. The number of Topliss-reactive ketones (excluding diaryl/α,β-unsaturated/α-hetero) is 1. The molecule has 0 saturated carbocycles. The van der Waals surface area contributed by atoms with Crippen LogP contribution >= 0.6 is 0 Å². The lowest BCUT2D eigenvalue weighted by Gasteiger charge is -2.10. The van der Waals surface area contributed by atoms with Gasteiger partial charge in [-0.15, -0.1) is 0 Å². The van der Waals surface area contributed by atoms with Crippen molar-refractivity contribution in [1.29, 1.82) is 5.41 Å². The van der Waals surface area contributed by atoms with Crippen molar-refractivity contribution in [2.24, 2.45) is 5.92 Å². The van der Waals surface area contributed by atoms with Gasteiger partial charge in [-0.1, -0.05) is 13.8 Å². The third kappa shape index (κ3) is 3.19. The van der Waals surface area contributed by atoms with E-state index in [-0.39, 0.29) is 23.0 Å². The molecule has 0 unspecified atom stereocenters. The van der Waals surface area contributed by atoms with Gasteiger partial charge in [0.1, 0.15) is 5.70 Å². The first-order valence-corrected chi connectivity index (χ1v) is 4.54. The number of ether oxygens (including phenoxy) is 1. The molecule has 0 saturated heterocycles. The maximum absolute atomic E-state index is 11.6. The van der Waals surface area contributed by atoms with Gasteiger partial charge < -0.3 is 15.5 Å². The Morgan fingerprint density at radius 3 is 2.20 bits per heavy atom. The number of ketones is 1. The summed E-state index contributed by atoms with van der Waals surface area (Å²) in [6, 6.07) is 0. The normalized spacial score (nSPS) is 11.8. The molecule has 0 fully saturated rings. The molecule has 0 heterocycles. The summed E-state index contributed by atoms with van der Waals surface area (Å²) in [6.45, 7) is 3.41. The second-order valence-corrected chi connectivity index (χ2v) is 3.19. The summed E-state index contributed by atoms with van der Waals surface area (Å²) in [6.07, 6.45) is 0.866. The van der Waals surface area contributed by atoms with Gasteiger partial charge in [0.15, 0.2) is 5.78 Å². The van der Waals surface area contributed by atoms with E-state index in [2.05, 4.69) is 10.1 Å². The maximum Gasteiger partial charge on any atom is 0.354 e. The van der Waals surface area contributed by atoms with Gasteiger partial charge in [-0.3, -0.25) is 4.79 Å². The third-order valence-corrected chi connectivity index (χ3v) is 1.84. The first kappa shape index (κ1) is 13.4. The molecule has 0 aliphatic rings. The van der Waals surface area contributed by atoms with E-state index in [1.807, 2.05) is 0 Å². The Morgan fingerprint density at radius 2 is 1.93 bits per heavy atom. The van der Waals surface area contributed by atoms with Crippen LogP contribution in [-0.4, -0.2) is 32.1 Å². The summed E-state index contributed by atoms with van der Waals surface area (Å²) >= 11 is 0. The van der Waals surface area contributed by atoms with Crippen LogP contribution in [0, 0.1) is 11.3 Å². The quantitative estimate of drug-likeness (QED) is 0.395. The first-order chi connectivity index (χ1) is 6.99. The average molecular weight is 212 g/mol. The molecule has 0 aromatic carbocycles. The van der Waals surface area contributed by atoms with E-state index in [0.717, 1.165) is 6.21 Å². The van der Waals surface area contributed by atoms with Crippen LogP contribution in [0.4, 0.5) is 0 Å². The van der Waals surface area contributed by atoms with Gasteiger partial charge in [-0.25, -0.2) is 4.79 Å². The van der Waals surface area contributed by atoms with E-state index in [1.165, 1.54) is 14.2 Å². The number of nitrogens with one attached hydrogen (secondary N) is 2. The van der Waals surface area contributed by atoms with Crippen LogP contribution in [0.25, 0.3) is 0 Å². The van der Waals surface area contributed by atoms with E-state index in [0.29, 0.717) is 0 Å². The minimum Gasteiger partial charge on any atom is -0.464 e. The molecule has 0 aliphatic heterocycles. The van der Waals surface area contributed by atoms with Crippen LogP contribution in [0.15, 0.2) is 11.3 Å². The van der Waals surface area contributed by atoms with Crippen LogP contribution in [-0.2, 0) is 14.3 Å². The molecule has 0 aromatic heterocycles. The smallest absolute Gasteiger partial charge is 0.354 e. The van der Waals surface area contributed by atoms with Crippen molar-refractivity contribution in [2.75, 3.05) is 14.2 Å². The number of hydrogen-bond donors (Lipinski definition) is 2. The number of carbonyl (C=O) groups is 2. The SMILES string of the molecule is CN/C(C(=O)OC)=C(\C=N)C(=O)C(C)C. The Kier molecular flexibility index (Phi) is 5.30. The summed E-state index contributed by atoms with van der Waals surface area (Å²) in [5, 5.41) is 9.71. The average Bonchev–Trinajstić information content (AvgIpc) is 2.23. The topological polar surface area (TPSA) is 79.2 Å². The standard InChI is InChI=1S/C10H16N2O3/c1-6(2)9(13)7(5-11)8(12-3)10(14)15-4/h5-6,11-12H,1-4H3/b8-7+,11-5?. The predicted molar refractivity (Wildman–Crippen MR) is 56.7 cm³/mol. The minimum atomic E-state index is -0.648. The first-order valence-electron chi connectivity index (χ1n) is 4.54. The van der Waals surface area contributed by atoms with E-state index in [4.69, 9.17) is 5.41 Å². The van der Waals surface area contributed by atoms with E-state index >= 15 is 0 Å². The van der Waals surface area contributed by atoms with Crippen LogP contribution in [0.5, 0.6) is 0 Å². The van der Waals surface area contributed by atoms with Crippen molar-refractivity contribution in [2.45, 2.75) is 13.8 Å². The van der Waals surface area contributed by atoms with Gasteiger partial charge in [0, 0.05) is 19.2 Å². The second-order valence-electron chi connectivity index (χ2n) is 3.19. The number of rotatable bonds is 5. The van der Waals surface area contributed by atoms with Crippen molar-refractivity contribution in [3.63, 3.8) is 0 Å². The van der Waals surface area contributed by atoms with Gasteiger partial charge >= 0.3 is 5.97 Å². The van der Waals surface area contributed by atoms with Crippen LogP contribution < -0.4 is 5.32 Å². The predicted octanol–water partition coefficient (Wildman–Crippen LogP) is 0.508. The highest BCUT2D eigenvalue weighted by Crippen LogP contribution is 2.08. The molecule has 0 amide bonds. The zero-order valence-electron chi connectivity index (χ0n) is 9.38. The van der Waals surface area contributed by atoms with Crippen LogP contribution in [0.2, 0.25) is 0 Å². The molecule has 5 nitrogen and oxygen atoms in total. The van der Waals surface area contributed by atoms with E-state index < -0.39 is 5.97 Å². The number of likely N-dealkylation sites (N-methyl/N-ethyl adjacent to an activating group) is 1. The Balaban J connectivity index is 5.34. The number of carbonyl (C=O) groups excluding carboxylic acids is 2. The van der Waals surface area contributed by atoms with Crippen molar-refractivity contribution in [3.05, 3.63) is 11.3 Å². The zero-order valence-corrected chi connectivity index (χ0v) is 9.38. The van der Waals surface area contributed by atoms with Crippen molar-refractivity contribution < 1.29 is 14.3 Å². The van der Waals surface area contributed by atoms with E-state index in [9.17, 15) is 9.59 Å². The van der Waals surface area contributed by atoms with Crippen LogP contribution in [0.1, 0.15) is 13.8 Å². The lowest BCUT2D eigenvalue weighted by atomic mass is 10.00. The molecule has 0 radical (unpaired) electrons. The minimum absolute atomic E-state index is 0.0196. The monoisotopic (exact) mass is 212 g/mol. The van der Waals surface area contributed by atoms with Gasteiger partial charge in [0.05, 0.1) is 12.7 Å². The molecule has 0 atom stereocenters. The molecule has 0 spiro atoms. The van der Waals surface area contributed by atoms with Crippen molar-refractivity contribution in [1.82, 2.24) is 5.32 Å². The Bertz CT molecular complexity index is 306. The maximum atomic E-state index is 11.6. The Labute approximate surface area is 89.0 Å². The number of hydrogen-bond acceptors (Lipinski definition) is 5. The number of esters is 1. The van der Waals surface area contributed by atoms with Gasteiger partial charge in [-0.2, -0.15) is 0 Å². The lowest BCUT2D eigenvalue weighted by Crippen LogP contribution is -2.25. The second kappa shape index (κ2) is 5.95. The zero-order chi connectivity index (χ0) is 12.0. The molecule has 0 aromatic rings. The summed E-state index contributed by atoms with van der Waals surface area (Å²) in [7, 11) is 2.73. The Hall–Kier alpha value is -1.65. The highest BCUT2D eigenvalue weighted by Gasteiger charge is 2.20. The van der Waals surface area contributed by atoms with Crippen molar-refractivity contribution in [3.8, 4) is 0 Å². The summed E-state index contributed by atoms with van der Waals surface area (Å²) in [5.41, 5.74) is 0.0607. The molecule has 2 N–H and O–H groups in total. The molecule has 5 heteroatoms. The summed E-state index contributed by atoms with van der Waals surface area (Å²) in [4.78, 5) is 22.9. The highest BCUT2D eigenvalue weighted by molar-refractivity contribution is 6.17. The molecular formula is C10H16N2O3. The van der Waals surface area contributed by atoms with Gasteiger partial charge in [-0.05, 0) is 0 Å². The fourth-order valence-corrected chi connectivity index (χ4v) is 1.03.